The Morgan fingerprint density at radius 2 is 1.96 bits per heavy atom. The van der Waals surface area contributed by atoms with Gasteiger partial charge in [-0.05, 0) is 30.4 Å². The lowest BCUT2D eigenvalue weighted by Gasteiger charge is -2.10. The maximum atomic E-state index is 12.6. The van der Waals surface area contributed by atoms with Crippen molar-refractivity contribution in [1.82, 2.24) is 15.2 Å². The van der Waals surface area contributed by atoms with Crippen molar-refractivity contribution < 1.29 is 9.53 Å². The van der Waals surface area contributed by atoms with Gasteiger partial charge in [-0.2, -0.15) is 0 Å². The molecule has 116 valence electrons. The van der Waals surface area contributed by atoms with Gasteiger partial charge in [0.15, 0.2) is 11.6 Å². The molecule has 0 amide bonds. The molecular formula is C16H12ClN3O2S. The number of benzene rings is 2. The Hall–Kier alpha value is -2.44. The van der Waals surface area contributed by atoms with Gasteiger partial charge >= 0.3 is 0 Å². The molecule has 7 heteroatoms. The standard InChI is InChI=1S/C16H12ClN3O2S/c17-11-6-7-13(22-9-14-18-16(23)20-19-14)12(8-11)15(21)10-4-2-1-3-5-10/h1-8H,9H2,(H2,18,19,20,23). The first-order chi connectivity index (χ1) is 11.1. The number of halogens is 1. The normalized spacial score (nSPS) is 10.5. The summed E-state index contributed by atoms with van der Waals surface area (Å²) < 4.78 is 6.04. The second kappa shape index (κ2) is 6.76. The number of ether oxygens (including phenoxy) is 1. The summed E-state index contributed by atoms with van der Waals surface area (Å²) in [5.74, 6) is 0.826. The molecular weight excluding hydrogens is 334 g/mol. The molecule has 0 aliphatic rings. The Morgan fingerprint density at radius 3 is 2.65 bits per heavy atom. The largest absolute Gasteiger partial charge is 0.485 e. The van der Waals surface area contributed by atoms with Crippen molar-refractivity contribution in [2.45, 2.75) is 6.61 Å². The van der Waals surface area contributed by atoms with E-state index in [4.69, 9.17) is 28.6 Å². The highest BCUT2D eigenvalue weighted by atomic mass is 35.5. The SMILES string of the molecule is O=C(c1ccccc1)c1cc(Cl)ccc1OCc1nc(=S)[nH][nH]1. The highest BCUT2D eigenvalue weighted by Crippen LogP contribution is 2.26. The molecule has 1 heterocycles. The van der Waals surface area contributed by atoms with Gasteiger partial charge in [0.25, 0.3) is 0 Å². The lowest BCUT2D eigenvalue weighted by molar-refractivity contribution is 0.103. The number of carbonyl (C=O) groups is 1. The summed E-state index contributed by atoms with van der Waals surface area (Å²) in [5, 5.41) is 5.95. The van der Waals surface area contributed by atoms with Crippen LogP contribution in [0.15, 0.2) is 48.5 Å². The van der Waals surface area contributed by atoms with Crippen LogP contribution in [0.25, 0.3) is 0 Å². The molecule has 0 saturated carbocycles. The number of carbonyl (C=O) groups excluding carboxylic acids is 1. The summed E-state index contributed by atoms with van der Waals surface area (Å²) in [6, 6.07) is 13.9. The number of nitrogens with one attached hydrogen (secondary N) is 2. The minimum atomic E-state index is -0.155. The van der Waals surface area contributed by atoms with Crippen LogP contribution in [0, 0.1) is 4.77 Å². The van der Waals surface area contributed by atoms with Crippen LogP contribution >= 0.6 is 23.8 Å². The molecule has 5 nitrogen and oxygen atoms in total. The van der Waals surface area contributed by atoms with E-state index in [0.29, 0.717) is 32.5 Å². The van der Waals surface area contributed by atoms with Crippen LogP contribution in [-0.2, 0) is 6.61 Å². The molecule has 23 heavy (non-hydrogen) atoms. The summed E-state index contributed by atoms with van der Waals surface area (Å²) >= 11 is 10.9. The fraction of sp³-hybridized carbons (Fsp3) is 0.0625. The van der Waals surface area contributed by atoms with Crippen molar-refractivity contribution in [3.63, 3.8) is 0 Å². The van der Waals surface area contributed by atoms with Crippen LogP contribution in [-0.4, -0.2) is 21.0 Å². The quantitative estimate of drug-likeness (QED) is 0.543. The van der Waals surface area contributed by atoms with Crippen LogP contribution in [0.4, 0.5) is 0 Å². The van der Waals surface area contributed by atoms with E-state index in [0.717, 1.165) is 0 Å². The van der Waals surface area contributed by atoms with E-state index in [-0.39, 0.29) is 12.4 Å². The van der Waals surface area contributed by atoms with Crippen LogP contribution in [0.2, 0.25) is 5.02 Å². The van der Waals surface area contributed by atoms with Gasteiger partial charge in [-0.3, -0.25) is 15.0 Å². The van der Waals surface area contributed by atoms with Gasteiger partial charge in [0, 0.05) is 10.6 Å². The number of aromatic amines is 2. The zero-order valence-electron chi connectivity index (χ0n) is 11.9. The molecule has 3 aromatic rings. The number of ketones is 1. The molecule has 0 spiro atoms. The second-order valence-electron chi connectivity index (χ2n) is 4.74. The van der Waals surface area contributed by atoms with Crippen molar-refractivity contribution in [1.29, 1.82) is 0 Å². The minimum Gasteiger partial charge on any atom is -0.485 e. The first-order valence-corrected chi connectivity index (χ1v) is 7.58. The second-order valence-corrected chi connectivity index (χ2v) is 5.56. The Kier molecular flexibility index (Phi) is 4.55. The Labute approximate surface area is 142 Å². The monoisotopic (exact) mass is 345 g/mol. The Balaban J connectivity index is 1.88. The smallest absolute Gasteiger partial charge is 0.213 e. The predicted octanol–water partition coefficient (Wildman–Crippen LogP) is 3.93. The van der Waals surface area contributed by atoms with E-state index in [1.54, 1.807) is 30.3 Å². The van der Waals surface area contributed by atoms with Gasteiger partial charge < -0.3 is 4.74 Å². The first kappa shape index (κ1) is 15.5. The summed E-state index contributed by atoms with van der Waals surface area (Å²) in [5.41, 5.74) is 0.969. The molecule has 2 N–H and O–H groups in total. The van der Waals surface area contributed by atoms with Crippen molar-refractivity contribution >= 4 is 29.6 Å². The van der Waals surface area contributed by atoms with E-state index < -0.39 is 0 Å². The zero-order valence-corrected chi connectivity index (χ0v) is 13.4. The summed E-state index contributed by atoms with van der Waals surface area (Å²) in [6.45, 7) is 0.157. The third-order valence-electron chi connectivity index (χ3n) is 3.14. The molecule has 0 saturated heterocycles. The maximum absolute atomic E-state index is 12.6. The fourth-order valence-corrected chi connectivity index (χ4v) is 2.40. The van der Waals surface area contributed by atoms with Crippen molar-refractivity contribution in [3.8, 4) is 5.75 Å². The van der Waals surface area contributed by atoms with Gasteiger partial charge in [0.05, 0.1) is 5.56 Å². The molecule has 0 aliphatic carbocycles. The number of hydrogen-bond donors (Lipinski definition) is 2. The molecule has 2 aromatic carbocycles. The lowest BCUT2D eigenvalue weighted by Crippen LogP contribution is -2.06. The summed E-state index contributed by atoms with van der Waals surface area (Å²) in [4.78, 5) is 16.7. The highest BCUT2D eigenvalue weighted by Gasteiger charge is 2.15. The van der Waals surface area contributed by atoms with Crippen LogP contribution < -0.4 is 4.74 Å². The van der Waals surface area contributed by atoms with E-state index in [1.807, 2.05) is 18.2 Å². The Bertz CT molecular complexity index is 890. The average molecular weight is 346 g/mol. The van der Waals surface area contributed by atoms with Crippen LogP contribution in [0.1, 0.15) is 21.7 Å². The molecule has 0 fully saturated rings. The maximum Gasteiger partial charge on any atom is 0.213 e. The molecule has 0 bridgehead atoms. The Morgan fingerprint density at radius 1 is 1.17 bits per heavy atom. The molecule has 0 aliphatic heterocycles. The number of rotatable bonds is 5. The van der Waals surface area contributed by atoms with Gasteiger partial charge in [-0.15, -0.1) is 0 Å². The molecule has 0 atom stereocenters. The molecule has 3 rings (SSSR count). The number of nitrogens with zero attached hydrogens (tertiary/aromatic N) is 1. The molecule has 0 radical (unpaired) electrons. The topological polar surface area (TPSA) is 70.8 Å². The molecule has 0 unspecified atom stereocenters. The summed E-state index contributed by atoms with van der Waals surface area (Å²) in [7, 11) is 0. The van der Waals surface area contributed by atoms with Crippen LogP contribution in [0.3, 0.4) is 0 Å². The van der Waals surface area contributed by atoms with E-state index in [9.17, 15) is 4.79 Å². The average Bonchev–Trinajstić information content (AvgIpc) is 2.99. The first-order valence-electron chi connectivity index (χ1n) is 6.79. The number of aromatic nitrogens is 3. The van der Waals surface area contributed by atoms with Gasteiger partial charge in [-0.25, -0.2) is 4.98 Å². The van der Waals surface area contributed by atoms with E-state index >= 15 is 0 Å². The van der Waals surface area contributed by atoms with E-state index in [2.05, 4.69) is 15.2 Å². The third-order valence-corrected chi connectivity index (χ3v) is 3.57. The third kappa shape index (κ3) is 3.67. The molecule has 1 aromatic heterocycles. The summed E-state index contributed by atoms with van der Waals surface area (Å²) in [6.07, 6.45) is 0. The van der Waals surface area contributed by atoms with E-state index in [1.165, 1.54) is 0 Å². The van der Waals surface area contributed by atoms with Crippen molar-refractivity contribution in [2.24, 2.45) is 0 Å². The van der Waals surface area contributed by atoms with Gasteiger partial charge in [0.2, 0.25) is 4.77 Å². The minimum absolute atomic E-state index is 0.155. The fourth-order valence-electron chi connectivity index (χ4n) is 2.07. The lowest BCUT2D eigenvalue weighted by atomic mass is 10.0. The van der Waals surface area contributed by atoms with Gasteiger partial charge in [0.1, 0.15) is 12.4 Å². The van der Waals surface area contributed by atoms with Crippen molar-refractivity contribution in [3.05, 3.63) is 75.3 Å². The number of hydrogen-bond acceptors (Lipinski definition) is 4. The van der Waals surface area contributed by atoms with Crippen molar-refractivity contribution in [2.75, 3.05) is 0 Å². The van der Waals surface area contributed by atoms with Gasteiger partial charge in [-0.1, -0.05) is 41.9 Å². The predicted molar refractivity (Wildman–Crippen MR) is 89.4 cm³/mol. The van der Waals surface area contributed by atoms with Crippen LogP contribution in [0.5, 0.6) is 5.75 Å². The highest BCUT2D eigenvalue weighted by molar-refractivity contribution is 7.71. The zero-order chi connectivity index (χ0) is 16.2. The number of H-pyrrole nitrogens is 2.